The predicted octanol–water partition coefficient (Wildman–Crippen LogP) is 3.72. The van der Waals surface area contributed by atoms with Crippen molar-refractivity contribution < 1.29 is 5.11 Å². The van der Waals surface area contributed by atoms with Gasteiger partial charge in [0, 0.05) is 49.8 Å². The van der Waals surface area contributed by atoms with Gasteiger partial charge >= 0.3 is 0 Å². The van der Waals surface area contributed by atoms with E-state index in [-0.39, 0.29) is 5.56 Å². The van der Waals surface area contributed by atoms with E-state index in [9.17, 15) is 9.90 Å². The van der Waals surface area contributed by atoms with E-state index in [0.29, 0.717) is 24.0 Å². The molecule has 8 nitrogen and oxygen atoms in total. The van der Waals surface area contributed by atoms with Gasteiger partial charge in [-0.3, -0.25) is 4.79 Å². The molecule has 8 heteroatoms. The molecule has 1 aromatic carbocycles. The van der Waals surface area contributed by atoms with Crippen LogP contribution in [0, 0.1) is 0 Å². The molecule has 3 heterocycles. The monoisotopic (exact) mass is 460 g/mol. The summed E-state index contributed by atoms with van der Waals surface area (Å²) in [4.78, 5) is 26.3. The molecule has 0 aliphatic heterocycles. The lowest BCUT2D eigenvalue weighted by molar-refractivity contribution is 0.0733. The number of hydrogen-bond donors (Lipinski definition) is 3. The number of aromatic amines is 1. The van der Waals surface area contributed by atoms with Gasteiger partial charge in [-0.25, -0.2) is 9.97 Å². The highest BCUT2D eigenvalue weighted by atomic mass is 16.3. The zero-order valence-corrected chi connectivity index (χ0v) is 20.1. The highest BCUT2D eigenvalue weighted by molar-refractivity contribution is 5.94. The number of pyridine rings is 1. The zero-order valence-electron chi connectivity index (χ0n) is 20.1. The molecule has 0 fully saturated rings. The average molecular weight is 461 g/mol. The standard InChI is InChI=1S/C23H25N5O2.C3H7N/c1-23(2,30)11-12-27(3)19-10-9-16(13-24-19)18-14-28(17-7-5-4-6-8-17)21-20(18)22(29)26-15-25-21;1-3-4-2/h4-10,13-15,30H,11-12H2,1-3H3,(H,25,26,29);3-4H,1H2,2H3. The molecule has 3 aromatic heterocycles. The largest absolute Gasteiger partial charge is 0.394 e. The lowest BCUT2D eigenvalue weighted by atomic mass is 10.1. The number of aliphatic hydroxyl groups is 1. The van der Waals surface area contributed by atoms with Gasteiger partial charge in [-0.1, -0.05) is 24.8 Å². The molecule has 34 heavy (non-hydrogen) atoms. The van der Waals surface area contributed by atoms with Crippen LogP contribution in [-0.4, -0.2) is 50.9 Å². The molecule has 0 aliphatic carbocycles. The van der Waals surface area contributed by atoms with Crippen molar-refractivity contribution in [3.63, 3.8) is 0 Å². The van der Waals surface area contributed by atoms with E-state index in [2.05, 4.69) is 26.8 Å². The van der Waals surface area contributed by atoms with Crippen molar-refractivity contribution in [2.24, 2.45) is 0 Å². The number of nitrogens with one attached hydrogen (secondary N) is 2. The van der Waals surface area contributed by atoms with Gasteiger partial charge in [-0.15, -0.1) is 0 Å². The smallest absolute Gasteiger partial charge is 0.260 e. The van der Waals surface area contributed by atoms with Crippen LogP contribution in [0.25, 0.3) is 27.8 Å². The molecule has 0 saturated carbocycles. The van der Waals surface area contributed by atoms with E-state index in [0.717, 1.165) is 22.6 Å². The predicted molar refractivity (Wildman–Crippen MR) is 138 cm³/mol. The van der Waals surface area contributed by atoms with Gasteiger partial charge in [0.25, 0.3) is 5.56 Å². The maximum absolute atomic E-state index is 12.6. The Morgan fingerprint density at radius 3 is 2.50 bits per heavy atom. The van der Waals surface area contributed by atoms with Gasteiger partial charge in [0.1, 0.15) is 5.82 Å². The van der Waals surface area contributed by atoms with Crippen molar-refractivity contribution in [2.75, 3.05) is 25.5 Å². The summed E-state index contributed by atoms with van der Waals surface area (Å²) in [5, 5.41) is 13.2. The SMILES string of the molecule is C=CNC.CN(CCC(C)(C)O)c1ccc(-c2cn(-c3ccccc3)c3nc[nH]c(=O)c23)cn1. The Morgan fingerprint density at radius 1 is 1.21 bits per heavy atom. The second-order valence-corrected chi connectivity index (χ2v) is 8.56. The molecular weight excluding hydrogens is 428 g/mol. The van der Waals surface area contributed by atoms with E-state index >= 15 is 0 Å². The Morgan fingerprint density at radius 2 is 1.91 bits per heavy atom. The van der Waals surface area contributed by atoms with Crippen LogP contribution in [0.3, 0.4) is 0 Å². The average Bonchev–Trinajstić information content (AvgIpc) is 3.24. The second-order valence-electron chi connectivity index (χ2n) is 8.56. The van der Waals surface area contributed by atoms with Crippen molar-refractivity contribution >= 4 is 16.9 Å². The molecule has 0 saturated heterocycles. The van der Waals surface area contributed by atoms with Gasteiger partial charge in [-0.2, -0.15) is 0 Å². The Balaban J connectivity index is 0.000000751. The minimum Gasteiger partial charge on any atom is -0.394 e. The summed E-state index contributed by atoms with van der Waals surface area (Å²) in [7, 11) is 3.76. The van der Waals surface area contributed by atoms with E-state index in [1.165, 1.54) is 6.33 Å². The molecule has 4 aromatic rings. The summed E-state index contributed by atoms with van der Waals surface area (Å²) < 4.78 is 1.92. The van der Waals surface area contributed by atoms with Crippen molar-refractivity contribution in [3.8, 4) is 16.8 Å². The van der Waals surface area contributed by atoms with E-state index < -0.39 is 5.60 Å². The maximum Gasteiger partial charge on any atom is 0.260 e. The first-order valence-electron chi connectivity index (χ1n) is 11.1. The van der Waals surface area contributed by atoms with Crippen LogP contribution in [0.1, 0.15) is 20.3 Å². The molecule has 4 rings (SSSR count). The quantitative estimate of drug-likeness (QED) is 0.389. The fraction of sp³-hybridized carbons (Fsp3) is 0.269. The summed E-state index contributed by atoms with van der Waals surface area (Å²) in [5.74, 6) is 0.807. The first-order chi connectivity index (χ1) is 16.2. The number of para-hydroxylation sites is 1. The topological polar surface area (TPSA) is 99.1 Å². The first kappa shape index (κ1) is 24.7. The summed E-state index contributed by atoms with van der Waals surface area (Å²) in [6.45, 7) is 7.65. The highest BCUT2D eigenvalue weighted by Gasteiger charge is 2.17. The molecule has 178 valence electrons. The molecule has 0 spiro atoms. The Labute approximate surface area is 199 Å². The fourth-order valence-corrected chi connectivity index (χ4v) is 3.40. The van der Waals surface area contributed by atoms with Crippen molar-refractivity contribution in [1.82, 2.24) is 24.8 Å². The third-order valence-electron chi connectivity index (χ3n) is 5.34. The third-order valence-corrected chi connectivity index (χ3v) is 5.34. The minimum absolute atomic E-state index is 0.184. The second kappa shape index (κ2) is 10.8. The molecule has 0 bridgehead atoms. The molecule has 0 unspecified atom stereocenters. The molecule has 3 N–H and O–H groups in total. The van der Waals surface area contributed by atoms with Crippen LogP contribution in [0.2, 0.25) is 0 Å². The van der Waals surface area contributed by atoms with Crippen LogP contribution in [0.15, 0.2) is 78.8 Å². The van der Waals surface area contributed by atoms with E-state index in [4.69, 9.17) is 0 Å². The van der Waals surface area contributed by atoms with Gasteiger partial charge in [0.15, 0.2) is 5.65 Å². The number of H-pyrrole nitrogens is 1. The fourth-order valence-electron chi connectivity index (χ4n) is 3.40. The number of nitrogens with zero attached hydrogens (tertiary/aromatic N) is 4. The number of fused-ring (bicyclic) bond motifs is 1. The number of hydrogen-bond acceptors (Lipinski definition) is 6. The molecule has 0 atom stereocenters. The minimum atomic E-state index is -0.721. The number of anilines is 1. The van der Waals surface area contributed by atoms with Crippen LogP contribution < -0.4 is 15.8 Å². The van der Waals surface area contributed by atoms with E-state index in [1.54, 1.807) is 26.2 Å². The summed E-state index contributed by atoms with van der Waals surface area (Å²) in [6.07, 6.45) is 7.38. The number of benzene rings is 1. The summed E-state index contributed by atoms with van der Waals surface area (Å²) in [6, 6.07) is 13.7. The Hall–Kier alpha value is -3.91. The highest BCUT2D eigenvalue weighted by Crippen LogP contribution is 2.29. The van der Waals surface area contributed by atoms with E-state index in [1.807, 2.05) is 72.2 Å². The number of rotatable bonds is 7. The molecule has 0 amide bonds. The maximum atomic E-state index is 12.6. The number of aromatic nitrogens is 4. The normalized spacial score (nSPS) is 11.0. The molecule has 0 aliphatic rings. The molecule has 0 radical (unpaired) electrons. The third kappa shape index (κ3) is 5.90. The van der Waals surface area contributed by atoms with Gasteiger partial charge in [0.05, 0.1) is 17.3 Å². The lowest BCUT2D eigenvalue weighted by Gasteiger charge is -2.23. The Bertz CT molecular complexity index is 1270. The van der Waals surface area contributed by atoms with Crippen LogP contribution in [-0.2, 0) is 0 Å². The Kier molecular flexibility index (Phi) is 7.86. The van der Waals surface area contributed by atoms with Crippen molar-refractivity contribution in [3.05, 3.63) is 84.3 Å². The van der Waals surface area contributed by atoms with Crippen LogP contribution >= 0.6 is 0 Å². The molecular formula is C26H32N6O2. The lowest BCUT2D eigenvalue weighted by Crippen LogP contribution is -2.28. The van der Waals surface area contributed by atoms with Gasteiger partial charge in [-0.05, 0) is 50.7 Å². The van der Waals surface area contributed by atoms with Gasteiger partial charge in [0.2, 0.25) is 0 Å². The van der Waals surface area contributed by atoms with Crippen molar-refractivity contribution in [1.29, 1.82) is 0 Å². The van der Waals surface area contributed by atoms with Crippen molar-refractivity contribution in [2.45, 2.75) is 25.9 Å². The summed E-state index contributed by atoms with van der Waals surface area (Å²) in [5.41, 5.74) is 2.25. The summed E-state index contributed by atoms with van der Waals surface area (Å²) >= 11 is 0. The zero-order chi connectivity index (χ0) is 24.7. The van der Waals surface area contributed by atoms with Gasteiger partial charge < -0.3 is 24.9 Å². The first-order valence-corrected chi connectivity index (χ1v) is 11.1. The van der Waals surface area contributed by atoms with Crippen LogP contribution in [0.4, 0.5) is 5.82 Å². The van der Waals surface area contributed by atoms with Crippen LogP contribution in [0.5, 0.6) is 0 Å².